The van der Waals surface area contributed by atoms with Crippen LogP contribution in [0.25, 0.3) is 0 Å². The Morgan fingerprint density at radius 2 is 1.67 bits per heavy atom. The number of hydrogen-bond acceptors (Lipinski definition) is 9. The number of hydrogen-bond donors (Lipinski definition) is 4. The molecule has 0 saturated heterocycles. The van der Waals surface area contributed by atoms with E-state index < -0.39 is 36.4 Å². The number of carbonyl (C=O) groups excluding carboxylic acids is 3. The Morgan fingerprint density at radius 3 is 2.11 bits per heavy atom. The highest BCUT2D eigenvalue weighted by molar-refractivity contribution is 6.06. The van der Waals surface area contributed by atoms with Crippen LogP contribution in [0.3, 0.4) is 0 Å². The van der Waals surface area contributed by atoms with Crippen molar-refractivity contribution in [1.29, 1.82) is 0 Å². The molecule has 2 atom stereocenters. The van der Waals surface area contributed by atoms with E-state index in [2.05, 4.69) is 14.4 Å². The second-order valence-electron chi connectivity index (χ2n) is 3.20. The molecule has 0 aromatic heterocycles. The van der Waals surface area contributed by atoms with Crippen LogP contribution in [0.2, 0.25) is 0 Å². The van der Waals surface area contributed by atoms with E-state index in [1.54, 1.807) is 0 Å². The lowest BCUT2D eigenvalue weighted by Crippen LogP contribution is -2.50. The Morgan fingerprint density at radius 1 is 1.11 bits per heavy atom. The van der Waals surface area contributed by atoms with E-state index in [4.69, 9.17) is 17.5 Å². The second kappa shape index (κ2) is 8.49. The molecule has 0 rings (SSSR count). The van der Waals surface area contributed by atoms with Gasteiger partial charge in [0.15, 0.2) is 5.92 Å². The summed E-state index contributed by atoms with van der Waals surface area (Å²) in [5, 5.41) is 1.89. The molecule has 10 heteroatoms. The molecule has 2 amide bonds. The van der Waals surface area contributed by atoms with Crippen molar-refractivity contribution >= 4 is 17.8 Å². The summed E-state index contributed by atoms with van der Waals surface area (Å²) in [5.74, 6) is 5.43. The zero-order valence-corrected chi connectivity index (χ0v) is 9.75. The third-order valence-electron chi connectivity index (χ3n) is 1.92. The fourth-order valence-electron chi connectivity index (χ4n) is 0.970. The maximum Gasteiger partial charge on any atom is 0.320 e. The molecule has 0 aromatic rings. The first-order valence-corrected chi connectivity index (χ1v) is 4.79. The average Bonchev–Trinajstić information content (AvgIpc) is 2.34. The SMILES string of the molecule is COC(=O)C(CON)C(=O)NC(=O)C(N)CON. The van der Waals surface area contributed by atoms with Crippen molar-refractivity contribution in [3.8, 4) is 0 Å². The lowest BCUT2D eigenvalue weighted by Gasteiger charge is -2.14. The maximum absolute atomic E-state index is 11.6. The molecule has 0 fully saturated rings. The van der Waals surface area contributed by atoms with Crippen LogP contribution in [0.15, 0.2) is 0 Å². The monoisotopic (exact) mass is 264 g/mol. The van der Waals surface area contributed by atoms with Crippen LogP contribution >= 0.6 is 0 Å². The number of rotatable bonds is 7. The lowest BCUT2D eigenvalue weighted by atomic mass is 10.1. The number of esters is 1. The predicted octanol–water partition coefficient (Wildman–Crippen LogP) is -3.47. The Hall–Kier alpha value is -1.59. The molecule has 0 saturated carbocycles. The van der Waals surface area contributed by atoms with Gasteiger partial charge in [-0.3, -0.25) is 19.7 Å². The van der Waals surface area contributed by atoms with Gasteiger partial charge in [-0.15, -0.1) is 0 Å². The topological polar surface area (TPSA) is 169 Å². The zero-order chi connectivity index (χ0) is 14.1. The fraction of sp³-hybridized carbons (Fsp3) is 0.625. The molecule has 0 spiro atoms. The molecule has 104 valence electrons. The molecule has 2 unspecified atom stereocenters. The summed E-state index contributed by atoms with van der Waals surface area (Å²) >= 11 is 0. The van der Waals surface area contributed by atoms with Gasteiger partial charge in [0, 0.05) is 0 Å². The molecular weight excluding hydrogens is 248 g/mol. The Labute approximate surface area is 103 Å². The van der Waals surface area contributed by atoms with E-state index in [-0.39, 0.29) is 6.61 Å². The van der Waals surface area contributed by atoms with Gasteiger partial charge in [-0.25, -0.2) is 11.8 Å². The number of nitrogens with one attached hydrogen (secondary N) is 1. The third-order valence-corrected chi connectivity index (χ3v) is 1.92. The van der Waals surface area contributed by atoms with Gasteiger partial charge >= 0.3 is 5.97 Å². The number of imide groups is 1. The number of ether oxygens (including phenoxy) is 1. The van der Waals surface area contributed by atoms with Crippen molar-refractivity contribution in [2.45, 2.75) is 6.04 Å². The van der Waals surface area contributed by atoms with Crippen LogP contribution in [0.5, 0.6) is 0 Å². The van der Waals surface area contributed by atoms with Gasteiger partial charge in [0.25, 0.3) is 0 Å². The van der Waals surface area contributed by atoms with Crippen molar-refractivity contribution in [3.63, 3.8) is 0 Å². The van der Waals surface area contributed by atoms with Gasteiger partial charge in [0.2, 0.25) is 11.8 Å². The van der Waals surface area contributed by atoms with Crippen LogP contribution < -0.4 is 22.8 Å². The van der Waals surface area contributed by atoms with Crippen molar-refractivity contribution in [1.82, 2.24) is 5.32 Å². The summed E-state index contributed by atoms with van der Waals surface area (Å²) in [7, 11) is 1.08. The number of nitrogens with two attached hydrogens (primary N) is 3. The van der Waals surface area contributed by atoms with Gasteiger partial charge in [-0.1, -0.05) is 0 Å². The highest BCUT2D eigenvalue weighted by Crippen LogP contribution is 2.00. The first kappa shape index (κ1) is 16.4. The number of amides is 2. The molecule has 10 nitrogen and oxygen atoms in total. The van der Waals surface area contributed by atoms with Gasteiger partial charge in [0.05, 0.1) is 20.3 Å². The first-order valence-electron chi connectivity index (χ1n) is 4.79. The van der Waals surface area contributed by atoms with Gasteiger partial charge in [-0.05, 0) is 0 Å². The molecule has 0 aliphatic heterocycles. The minimum Gasteiger partial charge on any atom is -0.468 e. The summed E-state index contributed by atoms with van der Waals surface area (Å²) in [6, 6.07) is -1.14. The highest BCUT2D eigenvalue weighted by atomic mass is 16.6. The summed E-state index contributed by atoms with van der Waals surface area (Å²) in [5.41, 5.74) is 5.32. The molecule has 18 heavy (non-hydrogen) atoms. The molecule has 7 N–H and O–H groups in total. The second-order valence-corrected chi connectivity index (χ2v) is 3.20. The minimum atomic E-state index is -1.37. The maximum atomic E-state index is 11.6. The van der Waals surface area contributed by atoms with Crippen LogP contribution in [0.4, 0.5) is 0 Å². The van der Waals surface area contributed by atoms with Crippen molar-refractivity contribution in [3.05, 3.63) is 0 Å². The van der Waals surface area contributed by atoms with Gasteiger partial charge in [-0.2, -0.15) is 0 Å². The predicted molar refractivity (Wildman–Crippen MR) is 56.9 cm³/mol. The lowest BCUT2D eigenvalue weighted by molar-refractivity contribution is -0.153. The number of carbonyl (C=O) groups is 3. The van der Waals surface area contributed by atoms with Crippen LogP contribution in [-0.2, 0) is 28.8 Å². The van der Waals surface area contributed by atoms with Gasteiger partial charge < -0.3 is 20.1 Å². The van der Waals surface area contributed by atoms with E-state index in [1.807, 2.05) is 5.32 Å². The quantitative estimate of drug-likeness (QED) is 0.207. The molecule has 0 heterocycles. The Bertz CT molecular complexity index is 310. The summed E-state index contributed by atoms with van der Waals surface area (Å²) in [4.78, 5) is 42.5. The van der Waals surface area contributed by atoms with E-state index in [0.29, 0.717) is 0 Å². The van der Waals surface area contributed by atoms with Crippen molar-refractivity contribution < 1.29 is 28.8 Å². The Balaban J connectivity index is 4.50. The third kappa shape index (κ3) is 5.16. The van der Waals surface area contributed by atoms with E-state index in [1.165, 1.54) is 0 Å². The van der Waals surface area contributed by atoms with Gasteiger partial charge in [0.1, 0.15) is 6.04 Å². The van der Waals surface area contributed by atoms with Crippen molar-refractivity contribution in [2.24, 2.45) is 23.4 Å². The zero-order valence-electron chi connectivity index (χ0n) is 9.75. The standard InChI is InChI=1S/C8H16N4O6/c1-16-8(15)4(2-17-10)6(13)12-7(14)5(9)3-18-11/h4-5H,2-3,9-11H2,1H3,(H,12,13,14). The smallest absolute Gasteiger partial charge is 0.320 e. The average molecular weight is 264 g/mol. The normalized spacial score (nSPS) is 13.6. The molecule has 0 aliphatic rings. The molecule has 0 aliphatic carbocycles. The fourth-order valence-corrected chi connectivity index (χ4v) is 0.970. The van der Waals surface area contributed by atoms with Crippen molar-refractivity contribution in [2.75, 3.05) is 20.3 Å². The summed E-state index contributed by atoms with van der Waals surface area (Å²) in [6.07, 6.45) is 0. The van der Waals surface area contributed by atoms with Crippen LogP contribution in [-0.4, -0.2) is 44.1 Å². The molecule has 0 aromatic carbocycles. The molecule has 0 radical (unpaired) electrons. The van der Waals surface area contributed by atoms with E-state index in [0.717, 1.165) is 7.11 Å². The van der Waals surface area contributed by atoms with E-state index >= 15 is 0 Å². The largest absolute Gasteiger partial charge is 0.468 e. The summed E-state index contributed by atoms with van der Waals surface area (Å²) < 4.78 is 4.35. The van der Waals surface area contributed by atoms with E-state index in [9.17, 15) is 14.4 Å². The molecule has 0 bridgehead atoms. The number of methoxy groups -OCH3 is 1. The Kier molecular flexibility index (Phi) is 7.74. The minimum absolute atomic E-state index is 0.282. The van der Waals surface area contributed by atoms with Crippen LogP contribution in [0, 0.1) is 5.92 Å². The molecular formula is C8H16N4O6. The summed E-state index contributed by atoms with van der Waals surface area (Å²) in [6.45, 7) is -0.718. The first-order chi connectivity index (χ1) is 8.47. The highest BCUT2D eigenvalue weighted by Gasteiger charge is 2.30. The van der Waals surface area contributed by atoms with Crippen LogP contribution in [0.1, 0.15) is 0 Å².